The highest BCUT2D eigenvalue weighted by Crippen LogP contribution is 2.13. The summed E-state index contributed by atoms with van der Waals surface area (Å²) in [5, 5.41) is 3.20. The molecule has 6 heteroatoms. The van der Waals surface area contributed by atoms with Crippen molar-refractivity contribution in [2.24, 2.45) is 0 Å². The number of rotatable bonds is 3. The summed E-state index contributed by atoms with van der Waals surface area (Å²) < 4.78 is 5.68. The zero-order valence-corrected chi connectivity index (χ0v) is 14.7. The number of nitrogens with zero attached hydrogens (tertiary/aromatic N) is 1. The third-order valence-electron chi connectivity index (χ3n) is 2.04. The maximum atomic E-state index is 11.4. The number of hydrogen-bond acceptors (Lipinski definition) is 2. The van der Waals surface area contributed by atoms with Gasteiger partial charge in [0.15, 0.2) is 6.61 Å². The van der Waals surface area contributed by atoms with E-state index in [1.165, 1.54) is 0 Å². The lowest BCUT2D eigenvalue weighted by atomic mass is 10.3. The van der Waals surface area contributed by atoms with Crippen molar-refractivity contribution >= 4 is 23.4 Å². The highest BCUT2D eigenvalue weighted by Gasteiger charge is 2.03. The average molecular weight is 409 g/mol. The van der Waals surface area contributed by atoms with Gasteiger partial charge in [0, 0.05) is 10.7 Å². The Morgan fingerprint density at radius 2 is 1.85 bits per heavy atom. The number of quaternary nitrogens is 1. The number of hydrogen-bond donors (Lipinski definition) is 1. The Balaban J connectivity index is 0.00000361. The van der Waals surface area contributed by atoms with E-state index in [0.717, 1.165) is 4.48 Å². The number of anilines is 1. The van der Waals surface area contributed by atoms with Crippen LogP contribution in [-0.4, -0.2) is 44.9 Å². The molecule has 0 unspecified atom stereocenters. The zero-order chi connectivity index (χ0) is 14.3. The van der Waals surface area contributed by atoms with Crippen LogP contribution in [0.4, 0.5) is 10.5 Å². The molecule has 1 N–H and O–H groups in total. The second-order valence-electron chi connectivity index (χ2n) is 5.01. The summed E-state index contributed by atoms with van der Waals surface area (Å²) in [6.45, 7) is 0.793. The second-order valence-corrected chi connectivity index (χ2v) is 5.45. The molecule has 0 bridgehead atoms. The van der Waals surface area contributed by atoms with Crippen molar-refractivity contribution in [3.63, 3.8) is 0 Å². The molecule has 0 saturated carbocycles. The smallest absolute Gasteiger partial charge is 0.412 e. The van der Waals surface area contributed by atoms with Crippen molar-refractivity contribution in [2.45, 2.75) is 0 Å². The molecule has 0 aromatic heterocycles. The Labute approximate surface area is 142 Å². The van der Waals surface area contributed by atoms with Gasteiger partial charge in [-0.15, -0.1) is 0 Å². The summed E-state index contributed by atoms with van der Waals surface area (Å²) in [7, 11) is 6.13. The second kappa shape index (κ2) is 9.06. The van der Waals surface area contributed by atoms with E-state index < -0.39 is 6.09 Å². The van der Waals surface area contributed by atoms with Crippen LogP contribution in [-0.2, 0) is 4.74 Å². The highest BCUT2D eigenvalue weighted by molar-refractivity contribution is 6.30. The van der Waals surface area contributed by atoms with Gasteiger partial charge in [-0.05, 0) is 30.2 Å². The van der Waals surface area contributed by atoms with Gasteiger partial charge >= 0.3 is 6.09 Å². The summed E-state index contributed by atoms with van der Waals surface area (Å²) in [6.07, 6.45) is -0.526. The first kappa shape index (κ1) is 19.0. The van der Waals surface area contributed by atoms with E-state index in [1.807, 2.05) is 21.1 Å². The number of carbonyl (C=O) groups excluding carboxylic acids is 1. The van der Waals surface area contributed by atoms with Crippen molar-refractivity contribution in [1.29, 1.82) is 0 Å². The number of ether oxygens (including phenoxy) is 1. The van der Waals surface area contributed by atoms with E-state index in [0.29, 0.717) is 17.3 Å². The lowest BCUT2D eigenvalue weighted by molar-refractivity contribution is -0.862. The molecule has 0 aliphatic heterocycles. The van der Waals surface area contributed by atoms with Crippen LogP contribution in [0.3, 0.4) is 0 Å². The van der Waals surface area contributed by atoms with Crippen LogP contribution in [0.2, 0.25) is 5.02 Å². The molecule has 1 aromatic rings. The van der Waals surface area contributed by atoms with Crippen LogP contribution < -0.4 is 29.3 Å². The van der Waals surface area contributed by atoms with E-state index in [1.54, 1.807) is 24.3 Å². The number of benzene rings is 1. The molecule has 1 rings (SSSR count). The van der Waals surface area contributed by atoms with E-state index in [-0.39, 0.29) is 30.6 Å². The third-order valence-corrected chi connectivity index (χ3v) is 2.30. The van der Waals surface area contributed by atoms with Gasteiger partial charge in [-0.3, -0.25) is 5.32 Å². The molecule has 20 heavy (non-hydrogen) atoms. The maximum absolute atomic E-state index is 11.4. The predicted octanol–water partition coefficient (Wildman–Crippen LogP) is -0.398. The van der Waals surface area contributed by atoms with Crippen LogP contribution >= 0.6 is 11.6 Å². The highest BCUT2D eigenvalue weighted by atomic mass is 127. The minimum atomic E-state index is -0.526. The van der Waals surface area contributed by atoms with Crippen molar-refractivity contribution in [2.75, 3.05) is 39.6 Å². The van der Waals surface area contributed by atoms with Crippen LogP contribution in [0.5, 0.6) is 0 Å². The standard InChI is InChI=1S/C14H17ClN2O2.HI/c1-17(2,3)10-4-5-11-19-14(18)16-13-8-6-12(15)7-9-13;/h6-9H,10-11H2,1-3H3;1H. The van der Waals surface area contributed by atoms with Crippen molar-refractivity contribution < 1.29 is 38.0 Å². The molecule has 0 heterocycles. The fourth-order valence-corrected chi connectivity index (χ4v) is 1.26. The van der Waals surface area contributed by atoms with Crippen molar-refractivity contribution in [1.82, 2.24) is 0 Å². The van der Waals surface area contributed by atoms with Gasteiger partial charge in [-0.25, -0.2) is 4.79 Å². The van der Waals surface area contributed by atoms with Crippen LogP contribution in [0.1, 0.15) is 0 Å². The lowest BCUT2D eigenvalue weighted by Crippen LogP contribution is -3.00. The van der Waals surface area contributed by atoms with Crippen LogP contribution in [0, 0.1) is 11.8 Å². The SMILES string of the molecule is C[N+](C)(C)CC#CCOC(=O)Nc1ccc(Cl)cc1.[I-]. The summed E-state index contributed by atoms with van der Waals surface area (Å²) in [5.41, 5.74) is 0.633. The number of halogens is 2. The largest absolute Gasteiger partial charge is 1.00 e. The predicted molar refractivity (Wildman–Crippen MR) is 77.1 cm³/mol. The van der Waals surface area contributed by atoms with Crippen LogP contribution in [0.15, 0.2) is 24.3 Å². The molecule has 0 aliphatic carbocycles. The molecular formula is C14H18ClIN2O2. The summed E-state index contributed by atoms with van der Waals surface area (Å²) in [6, 6.07) is 6.79. The quantitative estimate of drug-likeness (QED) is 0.420. The monoisotopic (exact) mass is 408 g/mol. The number of nitrogens with one attached hydrogen (secondary N) is 1. The summed E-state index contributed by atoms with van der Waals surface area (Å²) >= 11 is 5.74. The first-order valence-corrected chi connectivity index (χ1v) is 6.20. The molecule has 0 fully saturated rings. The normalized spacial score (nSPS) is 9.80. The molecule has 0 radical (unpaired) electrons. The molecule has 1 aromatic carbocycles. The first-order valence-electron chi connectivity index (χ1n) is 5.82. The van der Waals surface area contributed by atoms with E-state index in [4.69, 9.17) is 16.3 Å². The van der Waals surface area contributed by atoms with Gasteiger partial charge in [0.1, 0.15) is 6.54 Å². The van der Waals surface area contributed by atoms with E-state index in [2.05, 4.69) is 17.2 Å². The zero-order valence-electron chi connectivity index (χ0n) is 11.7. The van der Waals surface area contributed by atoms with Gasteiger partial charge in [0.25, 0.3) is 0 Å². The van der Waals surface area contributed by atoms with Crippen molar-refractivity contribution in [3.8, 4) is 11.8 Å². The average Bonchev–Trinajstić information content (AvgIpc) is 2.30. The number of amides is 1. The van der Waals surface area contributed by atoms with Crippen LogP contribution in [0.25, 0.3) is 0 Å². The fourth-order valence-electron chi connectivity index (χ4n) is 1.13. The first-order chi connectivity index (χ1) is 8.87. The molecule has 4 nitrogen and oxygen atoms in total. The van der Waals surface area contributed by atoms with Gasteiger partial charge in [-0.2, -0.15) is 0 Å². The van der Waals surface area contributed by atoms with Gasteiger partial charge in [-0.1, -0.05) is 17.5 Å². The Morgan fingerprint density at radius 3 is 2.40 bits per heavy atom. The Kier molecular flexibility index (Phi) is 8.62. The number of carbonyl (C=O) groups is 1. The van der Waals surface area contributed by atoms with E-state index >= 15 is 0 Å². The van der Waals surface area contributed by atoms with Crippen molar-refractivity contribution in [3.05, 3.63) is 29.3 Å². The minimum absolute atomic E-state index is 0. The molecule has 1 amide bonds. The molecule has 0 spiro atoms. The minimum Gasteiger partial charge on any atom is -1.00 e. The fraction of sp³-hybridized carbons (Fsp3) is 0.357. The molecule has 0 aliphatic rings. The van der Waals surface area contributed by atoms with E-state index in [9.17, 15) is 4.79 Å². The molecule has 0 saturated heterocycles. The summed E-state index contributed by atoms with van der Waals surface area (Å²) in [5.74, 6) is 5.75. The molecule has 0 atom stereocenters. The molecular weight excluding hydrogens is 391 g/mol. The Bertz CT molecular complexity index is 487. The van der Waals surface area contributed by atoms with Gasteiger partial charge in [0.2, 0.25) is 0 Å². The maximum Gasteiger partial charge on any atom is 0.412 e. The lowest BCUT2D eigenvalue weighted by Gasteiger charge is -2.19. The Hall–Kier alpha value is -0.970. The Morgan fingerprint density at radius 1 is 1.25 bits per heavy atom. The van der Waals surface area contributed by atoms with Gasteiger partial charge in [0.05, 0.1) is 21.1 Å². The molecule has 110 valence electrons. The topological polar surface area (TPSA) is 38.3 Å². The van der Waals surface area contributed by atoms with Gasteiger partial charge < -0.3 is 33.2 Å². The summed E-state index contributed by atoms with van der Waals surface area (Å²) in [4.78, 5) is 11.4. The third kappa shape index (κ3) is 9.02.